The first-order valence-electron chi connectivity index (χ1n) is 5.08. The molecule has 0 unspecified atom stereocenters. The van der Waals surface area contributed by atoms with E-state index >= 15 is 0 Å². The molecule has 0 radical (unpaired) electrons. The van der Waals surface area contributed by atoms with Gasteiger partial charge in [-0.15, -0.1) is 0 Å². The highest BCUT2D eigenvalue weighted by atomic mass is 127. The van der Waals surface area contributed by atoms with Crippen molar-refractivity contribution in [1.29, 1.82) is 0 Å². The molecule has 1 aliphatic rings. The van der Waals surface area contributed by atoms with Gasteiger partial charge in [-0.25, -0.2) is 0 Å². The SMILES string of the molecule is CCCC1(CC/C=C/I)CCC1. The summed E-state index contributed by atoms with van der Waals surface area (Å²) in [6, 6.07) is 0. The second kappa shape index (κ2) is 5.25. The van der Waals surface area contributed by atoms with Gasteiger partial charge in [-0.2, -0.15) is 0 Å². The zero-order valence-electron chi connectivity index (χ0n) is 7.98. The summed E-state index contributed by atoms with van der Waals surface area (Å²) in [6.45, 7) is 2.31. The highest BCUT2D eigenvalue weighted by Crippen LogP contribution is 2.48. The first-order chi connectivity index (χ1) is 5.83. The van der Waals surface area contributed by atoms with Gasteiger partial charge in [0.25, 0.3) is 0 Å². The summed E-state index contributed by atoms with van der Waals surface area (Å²) < 4.78 is 2.15. The van der Waals surface area contributed by atoms with Crippen LogP contribution in [-0.2, 0) is 0 Å². The Bertz CT molecular complexity index is 145. The van der Waals surface area contributed by atoms with Crippen LogP contribution in [0.5, 0.6) is 0 Å². The minimum Gasteiger partial charge on any atom is -0.0784 e. The van der Waals surface area contributed by atoms with E-state index < -0.39 is 0 Å². The van der Waals surface area contributed by atoms with Crippen molar-refractivity contribution < 1.29 is 0 Å². The Kier molecular flexibility index (Phi) is 4.62. The largest absolute Gasteiger partial charge is 0.0784 e. The Labute approximate surface area is 90.0 Å². The summed E-state index contributed by atoms with van der Waals surface area (Å²) in [5, 5.41) is 0. The van der Waals surface area contributed by atoms with Crippen molar-refractivity contribution in [1.82, 2.24) is 0 Å². The predicted molar refractivity (Wildman–Crippen MR) is 63.6 cm³/mol. The molecule has 70 valence electrons. The molecule has 1 fully saturated rings. The molecule has 0 bridgehead atoms. The van der Waals surface area contributed by atoms with E-state index in [0.717, 1.165) is 5.41 Å². The van der Waals surface area contributed by atoms with Crippen molar-refractivity contribution >= 4 is 22.6 Å². The summed E-state index contributed by atoms with van der Waals surface area (Å²) in [5.74, 6) is 0. The van der Waals surface area contributed by atoms with Gasteiger partial charge < -0.3 is 0 Å². The van der Waals surface area contributed by atoms with E-state index in [2.05, 4.69) is 39.7 Å². The van der Waals surface area contributed by atoms with Gasteiger partial charge in [0.2, 0.25) is 0 Å². The smallest absolute Gasteiger partial charge is 0.0274 e. The molecular weight excluding hydrogens is 259 g/mol. The van der Waals surface area contributed by atoms with Gasteiger partial charge in [-0.3, -0.25) is 0 Å². The third-order valence-electron chi connectivity index (χ3n) is 3.12. The molecule has 0 amide bonds. The molecule has 12 heavy (non-hydrogen) atoms. The first-order valence-corrected chi connectivity index (χ1v) is 6.33. The van der Waals surface area contributed by atoms with Gasteiger partial charge in [-0.05, 0) is 41.6 Å². The van der Waals surface area contributed by atoms with E-state index in [0.29, 0.717) is 0 Å². The number of hydrogen-bond acceptors (Lipinski definition) is 0. The van der Waals surface area contributed by atoms with Crippen LogP contribution in [0.1, 0.15) is 51.9 Å². The van der Waals surface area contributed by atoms with Crippen LogP contribution in [0.25, 0.3) is 0 Å². The molecule has 0 aromatic rings. The average Bonchev–Trinajstić information content (AvgIpc) is 2.00. The molecule has 0 aromatic heterocycles. The number of allylic oxidation sites excluding steroid dienone is 1. The molecule has 1 heteroatoms. The van der Waals surface area contributed by atoms with Crippen molar-refractivity contribution in [3.63, 3.8) is 0 Å². The summed E-state index contributed by atoms with van der Waals surface area (Å²) >= 11 is 2.31. The standard InChI is InChI=1S/C11H19I/c1-2-6-11(8-5-9-11)7-3-4-10-12/h4,10H,2-3,5-9H2,1H3/b10-4+. The maximum atomic E-state index is 2.31. The van der Waals surface area contributed by atoms with Gasteiger partial charge >= 0.3 is 0 Å². The van der Waals surface area contributed by atoms with Crippen molar-refractivity contribution in [3.8, 4) is 0 Å². The molecule has 1 rings (SSSR count). The quantitative estimate of drug-likeness (QED) is 0.640. The van der Waals surface area contributed by atoms with Crippen LogP contribution in [0.15, 0.2) is 10.2 Å². The lowest BCUT2D eigenvalue weighted by atomic mass is 9.64. The molecule has 0 N–H and O–H groups in total. The second-order valence-corrected chi connectivity index (χ2v) is 4.72. The van der Waals surface area contributed by atoms with Crippen molar-refractivity contribution in [2.75, 3.05) is 0 Å². The third-order valence-corrected chi connectivity index (χ3v) is 3.63. The van der Waals surface area contributed by atoms with Crippen molar-refractivity contribution in [2.24, 2.45) is 5.41 Å². The molecule has 0 heterocycles. The monoisotopic (exact) mass is 278 g/mol. The normalized spacial score (nSPS) is 21.2. The minimum absolute atomic E-state index is 0.769. The van der Waals surface area contributed by atoms with Crippen LogP contribution >= 0.6 is 22.6 Å². The zero-order chi connectivity index (χ0) is 8.86. The van der Waals surface area contributed by atoms with E-state index in [4.69, 9.17) is 0 Å². The second-order valence-electron chi connectivity index (χ2n) is 4.00. The Morgan fingerprint density at radius 2 is 2.08 bits per heavy atom. The lowest BCUT2D eigenvalue weighted by molar-refractivity contribution is 0.106. The highest BCUT2D eigenvalue weighted by Gasteiger charge is 2.34. The Balaban J connectivity index is 2.24. The van der Waals surface area contributed by atoms with Crippen molar-refractivity contribution in [3.05, 3.63) is 10.2 Å². The Morgan fingerprint density at radius 1 is 1.33 bits per heavy atom. The fraction of sp³-hybridized carbons (Fsp3) is 0.818. The molecular formula is C11H19I. The van der Waals surface area contributed by atoms with E-state index in [-0.39, 0.29) is 0 Å². The first kappa shape index (κ1) is 10.6. The van der Waals surface area contributed by atoms with Crippen LogP contribution in [0, 0.1) is 5.41 Å². The van der Waals surface area contributed by atoms with Crippen molar-refractivity contribution in [2.45, 2.75) is 51.9 Å². The van der Waals surface area contributed by atoms with Gasteiger partial charge in [-0.1, -0.05) is 48.4 Å². The van der Waals surface area contributed by atoms with Crippen LogP contribution in [-0.4, -0.2) is 0 Å². The molecule has 1 saturated carbocycles. The zero-order valence-corrected chi connectivity index (χ0v) is 10.1. The maximum absolute atomic E-state index is 2.31. The Hall–Kier alpha value is 0.470. The van der Waals surface area contributed by atoms with Crippen LogP contribution in [0.4, 0.5) is 0 Å². The lowest BCUT2D eigenvalue weighted by Gasteiger charge is -2.42. The minimum atomic E-state index is 0.769. The molecule has 0 atom stereocenters. The molecule has 0 saturated heterocycles. The summed E-state index contributed by atoms with van der Waals surface area (Å²) in [7, 11) is 0. The molecule has 1 aliphatic carbocycles. The van der Waals surface area contributed by atoms with Gasteiger partial charge in [0.1, 0.15) is 0 Å². The van der Waals surface area contributed by atoms with Gasteiger partial charge in [0, 0.05) is 0 Å². The van der Waals surface area contributed by atoms with E-state index in [1.807, 2.05) is 0 Å². The van der Waals surface area contributed by atoms with Gasteiger partial charge in [0.05, 0.1) is 0 Å². The average molecular weight is 278 g/mol. The van der Waals surface area contributed by atoms with Crippen LogP contribution < -0.4 is 0 Å². The Morgan fingerprint density at radius 3 is 2.50 bits per heavy atom. The van der Waals surface area contributed by atoms with E-state index in [1.165, 1.54) is 44.9 Å². The fourth-order valence-corrected chi connectivity index (χ4v) is 2.64. The summed E-state index contributed by atoms with van der Waals surface area (Å²) in [5.41, 5.74) is 0.769. The summed E-state index contributed by atoms with van der Waals surface area (Å²) in [6.07, 6.45) is 12.3. The number of hydrogen-bond donors (Lipinski definition) is 0. The molecule has 0 nitrogen and oxygen atoms in total. The van der Waals surface area contributed by atoms with Gasteiger partial charge in [0.15, 0.2) is 0 Å². The van der Waals surface area contributed by atoms with Crippen LogP contribution in [0.2, 0.25) is 0 Å². The molecule has 0 spiro atoms. The number of halogens is 1. The molecule has 0 aromatic carbocycles. The van der Waals surface area contributed by atoms with Crippen LogP contribution in [0.3, 0.4) is 0 Å². The highest BCUT2D eigenvalue weighted by molar-refractivity contribution is 14.1. The maximum Gasteiger partial charge on any atom is -0.0274 e. The van der Waals surface area contributed by atoms with E-state index in [9.17, 15) is 0 Å². The third kappa shape index (κ3) is 2.75. The van der Waals surface area contributed by atoms with E-state index in [1.54, 1.807) is 0 Å². The molecule has 0 aliphatic heterocycles. The predicted octanol–water partition coefficient (Wildman–Crippen LogP) is 4.69. The fourth-order valence-electron chi connectivity index (χ4n) is 2.28. The number of rotatable bonds is 5. The lowest BCUT2D eigenvalue weighted by Crippen LogP contribution is -2.28. The summed E-state index contributed by atoms with van der Waals surface area (Å²) in [4.78, 5) is 0. The topological polar surface area (TPSA) is 0 Å².